The number of hydrogen-bond donors (Lipinski definition) is 2. The van der Waals surface area contributed by atoms with Gasteiger partial charge in [-0.15, -0.1) is 0 Å². The Balaban J connectivity index is 3.15. The summed E-state index contributed by atoms with van der Waals surface area (Å²) in [6.07, 6.45) is 8.39. The van der Waals surface area contributed by atoms with Crippen molar-refractivity contribution in [2.24, 2.45) is 26.6 Å². The van der Waals surface area contributed by atoms with Crippen molar-refractivity contribution >= 4 is 34.9 Å². The van der Waals surface area contributed by atoms with Crippen LogP contribution in [0.4, 0.5) is 0 Å². The van der Waals surface area contributed by atoms with Gasteiger partial charge >= 0.3 is 11.9 Å². The number of Topliss-reactive ketones (excluding diaryl/α,β-unsaturated/α-hetero) is 2. The number of allylic oxidation sites excluding steroid dienone is 2. The lowest BCUT2D eigenvalue weighted by Crippen LogP contribution is -2.46. The highest BCUT2D eigenvalue weighted by Gasteiger charge is 2.54. The number of carbonyl (C=O) groups excluding carboxylic acids is 2. The van der Waals surface area contributed by atoms with E-state index in [4.69, 9.17) is 14.8 Å². The predicted octanol–water partition coefficient (Wildman–Crippen LogP) is 8.57. The molecule has 10 heteroatoms. The number of unbranched alkanes of at least 4 members (excludes halogenated alkanes) is 3. The molecule has 0 amide bonds. The second-order valence-corrected chi connectivity index (χ2v) is 14.9. The van der Waals surface area contributed by atoms with Gasteiger partial charge in [0.2, 0.25) is 0 Å². The van der Waals surface area contributed by atoms with Crippen molar-refractivity contribution in [1.82, 2.24) is 0 Å². The van der Waals surface area contributed by atoms with Crippen LogP contribution in [0.5, 0.6) is 0 Å². The van der Waals surface area contributed by atoms with Gasteiger partial charge in [0.1, 0.15) is 18.6 Å². The number of carboxylic acid groups (broad SMARTS) is 2. The molecule has 2 aliphatic rings. The topological polar surface area (TPSA) is 152 Å². The molecule has 0 aromatic carbocycles. The molecule has 0 fully saturated rings. The zero-order valence-corrected chi connectivity index (χ0v) is 30.6. The van der Waals surface area contributed by atoms with Crippen molar-refractivity contribution in [2.45, 2.75) is 131 Å². The van der Waals surface area contributed by atoms with Crippen LogP contribution in [-0.4, -0.2) is 58.4 Å². The molecular weight excluding hydrogens is 624 g/mol. The van der Waals surface area contributed by atoms with Crippen molar-refractivity contribution in [3.63, 3.8) is 0 Å². The minimum atomic E-state index is -1.75. The zero-order valence-electron chi connectivity index (χ0n) is 30.6. The minimum absolute atomic E-state index is 0.0309. The van der Waals surface area contributed by atoms with E-state index in [1.165, 1.54) is 0 Å². The van der Waals surface area contributed by atoms with Crippen LogP contribution in [0, 0.1) is 16.2 Å². The van der Waals surface area contributed by atoms with Crippen LogP contribution in [-0.2, 0) is 28.9 Å². The first-order valence-electron chi connectivity index (χ1n) is 17.7. The van der Waals surface area contributed by atoms with E-state index in [1.54, 1.807) is 12.2 Å². The van der Waals surface area contributed by atoms with Crippen LogP contribution < -0.4 is 0 Å². The predicted molar refractivity (Wildman–Crippen MR) is 192 cm³/mol. The van der Waals surface area contributed by atoms with Gasteiger partial charge in [-0.2, -0.15) is 0 Å². The van der Waals surface area contributed by atoms with Crippen molar-refractivity contribution in [2.75, 3.05) is 13.2 Å². The molecular formula is C39H58N2O8. The van der Waals surface area contributed by atoms with E-state index in [9.17, 15) is 24.3 Å². The number of hydrogen-bond acceptors (Lipinski definition) is 8. The summed E-state index contributed by atoms with van der Waals surface area (Å²) in [5.41, 5.74) is -0.655. The molecule has 2 N–H and O–H groups in total. The van der Waals surface area contributed by atoms with Gasteiger partial charge in [0, 0.05) is 30.4 Å². The monoisotopic (exact) mass is 682 g/mol. The summed E-state index contributed by atoms with van der Waals surface area (Å²) < 4.78 is 0. The van der Waals surface area contributed by atoms with Gasteiger partial charge in [-0.3, -0.25) is 19.2 Å². The van der Waals surface area contributed by atoms with Crippen molar-refractivity contribution in [1.29, 1.82) is 0 Å². The molecule has 0 unspecified atom stereocenters. The molecule has 272 valence electrons. The maximum atomic E-state index is 14.3. The molecule has 0 aromatic rings. The third kappa shape index (κ3) is 11.1. The fourth-order valence-corrected chi connectivity index (χ4v) is 7.15. The van der Waals surface area contributed by atoms with E-state index in [-0.39, 0.29) is 61.6 Å². The Bertz CT molecular complexity index is 1300. The van der Waals surface area contributed by atoms with E-state index >= 15 is 0 Å². The molecule has 0 aromatic heterocycles. The number of aliphatic carboxylic acids is 2. The van der Waals surface area contributed by atoms with Gasteiger partial charge in [-0.1, -0.05) is 109 Å². The molecule has 0 saturated carbocycles. The summed E-state index contributed by atoms with van der Waals surface area (Å²) in [5, 5.41) is 29.6. The van der Waals surface area contributed by atoms with Crippen LogP contribution in [0.2, 0.25) is 0 Å². The summed E-state index contributed by atoms with van der Waals surface area (Å²) in [4.78, 5) is 65.1. The lowest BCUT2D eigenvalue weighted by molar-refractivity contribution is -0.145. The van der Waals surface area contributed by atoms with Crippen LogP contribution in [0.1, 0.15) is 131 Å². The Labute approximate surface area is 292 Å². The molecule has 2 rings (SSSR count). The van der Waals surface area contributed by atoms with Crippen LogP contribution in [0.15, 0.2) is 57.9 Å². The third-order valence-electron chi connectivity index (χ3n) is 9.12. The van der Waals surface area contributed by atoms with E-state index in [2.05, 4.69) is 23.5 Å². The first-order chi connectivity index (χ1) is 23.1. The Morgan fingerprint density at radius 1 is 0.735 bits per heavy atom. The van der Waals surface area contributed by atoms with E-state index in [1.807, 2.05) is 41.5 Å². The second kappa shape index (κ2) is 18.8. The van der Waals surface area contributed by atoms with Gasteiger partial charge in [-0.25, -0.2) is 0 Å². The lowest BCUT2D eigenvalue weighted by atomic mass is 9.55. The smallest absolute Gasteiger partial charge is 0.318 e. The fraction of sp³-hybridized carbons (Fsp3) is 0.641. The van der Waals surface area contributed by atoms with Crippen LogP contribution in [0.3, 0.4) is 0 Å². The minimum Gasteiger partial charge on any atom is -0.481 e. The highest BCUT2D eigenvalue weighted by molar-refractivity contribution is 6.26. The van der Waals surface area contributed by atoms with Gasteiger partial charge < -0.3 is 19.9 Å². The first-order valence-corrected chi connectivity index (χ1v) is 17.7. The Morgan fingerprint density at radius 3 is 1.53 bits per heavy atom. The zero-order chi connectivity index (χ0) is 36.8. The molecule has 2 aliphatic carbocycles. The van der Waals surface area contributed by atoms with Crippen molar-refractivity contribution in [3.05, 3.63) is 47.6 Å². The van der Waals surface area contributed by atoms with Gasteiger partial charge in [0.15, 0.2) is 11.6 Å². The number of carbonyl (C=O) groups is 4. The van der Waals surface area contributed by atoms with Crippen LogP contribution >= 0.6 is 0 Å². The number of carboxylic acids is 2. The normalized spacial score (nSPS) is 19.4. The maximum Gasteiger partial charge on any atom is 0.318 e. The quantitative estimate of drug-likeness (QED) is 0.0499. The fourth-order valence-electron chi connectivity index (χ4n) is 7.15. The van der Waals surface area contributed by atoms with Crippen molar-refractivity contribution in [3.8, 4) is 0 Å². The van der Waals surface area contributed by atoms with Crippen molar-refractivity contribution < 1.29 is 39.1 Å². The number of oxime groups is 2. The molecule has 0 spiro atoms. The van der Waals surface area contributed by atoms with Gasteiger partial charge in [0.05, 0.1) is 11.4 Å². The number of nitrogens with zero attached hydrogens (tertiary/aromatic N) is 2. The molecule has 0 saturated heterocycles. The standard InChI is InChI=1S/C39H58N2O8/c1-9-17-29(40-48-21-11-3)34-27(23-37(5,6)25-31(34)42)39(36(46)47,20-16-14-13-15-19-33(44)45)28-24-38(7,8)26-32(43)35(28)30(18-10-2)41-49-22-12-4/h11-12H,3-4,9-10,13-26H2,1-2,5-8H3,(H,44,45)(H,46,47). The van der Waals surface area contributed by atoms with E-state index < -0.39 is 28.2 Å². The summed E-state index contributed by atoms with van der Waals surface area (Å²) in [6.45, 7) is 19.4. The molecule has 49 heavy (non-hydrogen) atoms. The highest BCUT2D eigenvalue weighted by atomic mass is 16.6. The highest BCUT2D eigenvalue weighted by Crippen LogP contribution is 2.56. The van der Waals surface area contributed by atoms with E-state index in [0.717, 1.165) is 0 Å². The number of ketones is 2. The maximum absolute atomic E-state index is 14.3. The molecule has 0 atom stereocenters. The Hall–Kier alpha value is -3.82. The summed E-state index contributed by atoms with van der Waals surface area (Å²) >= 11 is 0. The summed E-state index contributed by atoms with van der Waals surface area (Å²) in [6, 6.07) is 0. The summed E-state index contributed by atoms with van der Waals surface area (Å²) in [7, 11) is 0. The third-order valence-corrected chi connectivity index (χ3v) is 9.12. The molecule has 0 aliphatic heterocycles. The van der Waals surface area contributed by atoms with Gasteiger partial charge in [0.25, 0.3) is 0 Å². The lowest BCUT2D eigenvalue weighted by Gasteiger charge is -2.46. The Kier molecular flexibility index (Phi) is 15.9. The first kappa shape index (κ1) is 41.4. The summed E-state index contributed by atoms with van der Waals surface area (Å²) in [5.74, 6) is -2.42. The second-order valence-electron chi connectivity index (χ2n) is 14.9. The molecule has 10 nitrogen and oxygen atoms in total. The largest absolute Gasteiger partial charge is 0.481 e. The molecule has 0 heterocycles. The number of rotatable bonds is 22. The average molecular weight is 683 g/mol. The SMILES string of the molecule is C=CCON=C(CCC)C1=C(C(CCCCCCC(=O)O)(C(=O)O)C2=C(C(CCC)=NOCC=C)C(=O)CC(C)(C)C2)CC(C)(C)CC1=O. The van der Waals surface area contributed by atoms with E-state index in [0.29, 0.717) is 86.8 Å². The van der Waals surface area contributed by atoms with Crippen LogP contribution in [0.25, 0.3) is 0 Å². The van der Waals surface area contributed by atoms with Gasteiger partial charge in [-0.05, 0) is 60.5 Å². The Morgan fingerprint density at radius 2 is 1.16 bits per heavy atom. The average Bonchev–Trinajstić information content (AvgIpc) is 2.99. The molecule has 0 bridgehead atoms. The molecule has 0 radical (unpaired) electrons.